The van der Waals surface area contributed by atoms with E-state index in [1.54, 1.807) is 0 Å². The van der Waals surface area contributed by atoms with Crippen molar-refractivity contribution in [2.24, 2.45) is 0 Å². The lowest BCUT2D eigenvalue weighted by Crippen LogP contribution is -2.00. The zero-order chi connectivity index (χ0) is 33.0. The summed E-state index contributed by atoms with van der Waals surface area (Å²) in [6.45, 7) is 0. The number of fused-ring (bicyclic) bond motifs is 6. The van der Waals surface area contributed by atoms with Crippen molar-refractivity contribution in [3.05, 3.63) is 164 Å². The normalized spacial score (nSPS) is 11.6. The third-order valence-electron chi connectivity index (χ3n) is 9.37. The van der Waals surface area contributed by atoms with Gasteiger partial charge in [-0.2, -0.15) is 0 Å². The maximum atomic E-state index is 6.58. The summed E-state index contributed by atoms with van der Waals surface area (Å²) in [6, 6.07) is 55.8. The van der Waals surface area contributed by atoms with Gasteiger partial charge in [-0.25, -0.2) is 15.0 Å². The van der Waals surface area contributed by atoms with Crippen LogP contribution in [0.25, 0.3) is 100 Å². The highest BCUT2D eigenvalue weighted by atomic mass is 16.3. The Morgan fingerprint density at radius 3 is 1.50 bits per heavy atom. The van der Waals surface area contributed by atoms with E-state index in [-0.39, 0.29) is 0 Å². The molecule has 0 unspecified atom stereocenters. The second-order valence-electron chi connectivity index (χ2n) is 12.4. The van der Waals surface area contributed by atoms with E-state index < -0.39 is 0 Å². The van der Waals surface area contributed by atoms with Gasteiger partial charge in [-0.15, -0.1) is 0 Å². The largest absolute Gasteiger partial charge is 0.456 e. The Morgan fingerprint density at radius 1 is 0.300 bits per heavy atom. The van der Waals surface area contributed by atoms with Crippen molar-refractivity contribution in [1.82, 2.24) is 15.0 Å². The van der Waals surface area contributed by atoms with Crippen LogP contribution >= 0.6 is 0 Å². The van der Waals surface area contributed by atoms with Gasteiger partial charge >= 0.3 is 0 Å². The maximum absolute atomic E-state index is 6.58. The van der Waals surface area contributed by atoms with Crippen LogP contribution in [-0.2, 0) is 0 Å². The van der Waals surface area contributed by atoms with E-state index in [2.05, 4.69) is 97.1 Å². The molecular formula is C45H27N3O2. The van der Waals surface area contributed by atoms with E-state index in [1.807, 2.05) is 66.7 Å². The van der Waals surface area contributed by atoms with Crippen molar-refractivity contribution in [3.63, 3.8) is 0 Å². The van der Waals surface area contributed by atoms with Crippen LogP contribution in [0.4, 0.5) is 0 Å². The zero-order valence-corrected chi connectivity index (χ0v) is 26.7. The van der Waals surface area contributed by atoms with Gasteiger partial charge in [0.25, 0.3) is 0 Å². The molecule has 0 fully saturated rings. The molecule has 0 aliphatic rings. The molecule has 0 atom stereocenters. The van der Waals surface area contributed by atoms with E-state index in [9.17, 15) is 0 Å². The summed E-state index contributed by atoms with van der Waals surface area (Å²) in [7, 11) is 0. The molecule has 5 heteroatoms. The Bertz CT molecular complexity index is 2850. The average molecular weight is 642 g/mol. The number of para-hydroxylation sites is 2. The van der Waals surface area contributed by atoms with Crippen LogP contribution in [0.5, 0.6) is 0 Å². The molecule has 50 heavy (non-hydrogen) atoms. The summed E-state index contributed by atoms with van der Waals surface area (Å²) in [4.78, 5) is 15.0. The molecule has 7 aromatic carbocycles. The summed E-state index contributed by atoms with van der Waals surface area (Å²) in [6.07, 6.45) is 0. The van der Waals surface area contributed by atoms with Crippen molar-refractivity contribution >= 4 is 43.9 Å². The number of rotatable bonds is 5. The first kappa shape index (κ1) is 28.2. The maximum Gasteiger partial charge on any atom is 0.167 e. The predicted octanol–water partition coefficient (Wildman–Crippen LogP) is 12.0. The lowest BCUT2D eigenvalue weighted by atomic mass is 10.00. The van der Waals surface area contributed by atoms with Crippen LogP contribution in [0, 0.1) is 0 Å². The van der Waals surface area contributed by atoms with Gasteiger partial charge in [0.2, 0.25) is 0 Å². The topological polar surface area (TPSA) is 65.0 Å². The third kappa shape index (κ3) is 4.75. The summed E-state index contributed by atoms with van der Waals surface area (Å²) in [5.41, 5.74) is 10.5. The van der Waals surface area contributed by atoms with Crippen molar-refractivity contribution in [2.75, 3.05) is 0 Å². The fraction of sp³-hybridized carbons (Fsp3) is 0. The van der Waals surface area contributed by atoms with E-state index in [0.29, 0.717) is 17.5 Å². The first-order valence-electron chi connectivity index (χ1n) is 16.6. The molecule has 0 amide bonds. The molecule has 0 saturated carbocycles. The second kappa shape index (κ2) is 11.4. The van der Waals surface area contributed by atoms with Gasteiger partial charge in [0.15, 0.2) is 17.5 Å². The molecule has 0 aliphatic carbocycles. The van der Waals surface area contributed by atoms with E-state index in [1.165, 1.54) is 0 Å². The molecular weight excluding hydrogens is 615 g/mol. The Morgan fingerprint density at radius 2 is 0.780 bits per heavy atom. The highest BCUT2D eigenvalue weighted by molar-refractivity contribution is 6.11. The lowest BCUT2D eigenvalue weighted by molar-refractivity contribution is 0.668. The fourth-order valence-corrected chi connectivity index (χ4v) is 6.84. The van der Waals surface area contributed by atoms with Gasteiger partial charge in [0, 0.05) is 32.7 Å². The van der Waals surface area contributed by atoms with E-state index in [4.69, 9.17) is 23.8 Å². The van der Waals surface area contributed by atoms with Crippen molar-refractivity contribution < 1.29 is 8.83 Å². The molecule has 0 bridgehead atoms. The smallest absolute Gasteiger partial charge is 0.167 e. The summed E-state index contributed by atoms with van der Waals surface area (Å²) < 4.78 is 12.7. The number of furan rings is 2. The van der Waals surface area contributed by atoms with E-state index in [0.717, 1.165) is 82.8 Å². The van der Waals surface area contributed by atoms with Crippen molar-refractivity contribution in [1.29, 1.82) is 0 Å². The van der Waals surface area contributed by atoms with Crippen molar-refractivity contribution in [3.8, 4) is 56.4 Å². The van der Waals surface area contributed by atoms with Crippen LogP contribution in [-0.4, -0.2) is 15.0 Å². The minimum absolute atomic E-state index is 0.558. The minimum Gasteiger partial charge on any atom is -0.456 e. The van der Waals surface area contributed by atoms with E-state index >= 15 is 0 Å². The summed E-state index contributed by atoms with van der Waals surface area (Å²) in [5.74, 6) is 1.77. The van der Waals surface area contributed by atoms with Crippen LogP contribution in [0.3, 0.4) is 0 Å². The average Bonchev–Trinajstić information content (AvgIpc) is 3.76. The fourth-order valence-electron chi connectivity index (χ4n) is 6.84. The van der Waals surface area contributed by atoms with Gasteiger partial charge < -0.3 is 8.83 Å². The monoisotopic (exact) mass is 641 g/mol. The van der Waals surface area contributed by atoms with Gasteiger partial charge in [0.05, 0.1) is 5.56 Å². The molecule has 0 radical (unpaired) electrons. The van der Waals surface area contributed by atoms with Crippen LogP contribution in [0.15, 0.2) is 173 Å². The standard InChI is InChI=1S/C45H27N3O2/c1-3-10-28(11-4-1)29-18-20-31(21-19-29)44-46-43(30-12-5-2-6-13-30)47-45(48-44)36-16-9-15-35-38-27-33(23-25-41(38)50-42(35)36)32-22-24-40-37(26-32)34-14-7-8-17-39(34)49-40/h1-27H. The quantitative estimate of drug-likeness (QED) is 0.187. The van der Waals surface area contributed by atoms with Gasteiger partial charge in [-0.1, -0.05) is 127 Å². The van der Waals surface area contributed by atoms with Crippen LogP contribution in [0.1, 0.15) is 0 Å². The number of nitrogens with zero attached hydrogens (tertiary/aromatic N) is 3. The highest BCUT2D eigenvalue weighted by Gasteiger charge is 2.18. The summed E-state index contributed by atoms with van der Waals surface area (Å²) in [5, 5.41) is 4.25. The molecule has 3 aromatic heterocycles. The predicted molar refractivity (Wildman–Crippen MR) is 202 cm³/mol. The first-order chi connectivity index (χ1) is 24.7. The Kier molecular flexibility index (Phi) is 6.42. The Labute approximate surface area is 287 Å². The second-order valence-corrected chi connectivity index (χ2v) is 12.4. The van der Waals surface area contributed by atoms with Crippen LogP contribution in [0.2, 0.25) is 0 Å². The van der Waals surface area contributed by atoms with Crippen LogP contribution < -0.4 is 0 Å². The molecule has 0 saturated heterocycles. The third-order valence-corrected chi connectivity index (χ3v) is 9.37. The molecule has 234 valence electrons. The van der Waals surface area contributed by atoms with Gasteiger partial charge in [-0.05, 0) is 58.7 Å². The lowest BCUT2D eigenvalue weighted by Gasteiger charge is -2.09. The first-order valence-corrected chi connectivity index (χ1v) is 16.6. The number of aromatic nitrogens is 3. The number of benzene rings is 7. The molecule has 10 aromatic rings. The zero-order valence-electron chi connectivity index (χ0n) is 26.7. The molecule has 5 nitrogen and oxygen atoms in total. The van der Waals surface area contributed by atoms with Crippen molar-refractivity contribution in [2.45, 2.75) is 0 Å². The molecule has 0 aliphatic heterocycles. The SMILES string of the molecule is c1ccc(-c2ccc(-c3nc(-c4ccccc4)nc(-c4cccc5c4oc4ccc(-c6ccc7oc8ccccc8c7c6)cc45)n3)cc2)cc1. The minimum atomic E-state index is 0.558. The number of hydrogen-bond acceptors (Lipinski definition) is 5. The molecule has 0 N–H and O–H groups in total. The molecule has 3 heterocycles. The highest BCUT2D eigenvalue weighted by Crippen LogP contribution is 2.39. The summed E-state index contributed by atoms with van der Waals surface area (Å²) >= 11 is 0. The number of hydrogen-bond donors (Lipinski definition) is 0. The Balaban J connectivity index is 1.10. The molecule has 0 spiro atoms. The Hall–Kier alpha value is -6.85. The van der Waals surface area contributed by atoms with Gasteiger partial charge in [0.1, 0.15) is 22.3 Å². The molecule has 10 rings (SSSR count). The van der Waals surface area contributed by atoms with Gasteiger partial charge in [-0.3, -0.25) is 0 Å².